The molecule has 0 aliphatic carbocycles. The first kappa shape index (κ1) is 11.9. The molecule has 0 aliphatic rings. The summed E-state index contributed by atoms with van der Waals surface area (Å²) in [6, 6.07) is 0. The smallest absolute Gasteiger partial charge is 0.0722 e. The standard InChI is InChI=1S/C10H23NO/c1-5-7-12-10(9(3)4)8-11-6-2/h9-11H,5-8H2,1-4H3. The van der Waals surface area contributed by atoms with Gasteiger partial charge in [-0.15, -0.1) is 0 Å². The van der Waals surface area contributed by atoms with Crippen molar-refractivity contribution >= 4 is 0 Å². The van der Waals surface area contributed by atoms with Gasteiger partial charge >= 0.3 is 0 Å². The van der Waals surface area contributed by atoms with Crippen molar-refractivity contribution < 1.29 is 4.74 Å². The first-order valence-corrected chi connectivity index (χ1v) is 5.04. The Morgan fingerprint density at radius 1 is 1.25 bits per heavy atom. The Labute approximate surface area is 76.7 Å². The summed E-state index contributed by atoms with van der Waals surface area (Å²) in [7, 11) is 0. The normalized spacial score (nSPS) is 13.8. The minimum Gasteiger partial charge on any atom is -0.377 e. The van der Waals surface area contributed by atoms with Crippen LogP contribution in [0.5, 0.6) is 0 Å². The molecule has 0 aromatic heterocycles. The second-order valence-electron chi connectivity index (χ2n) is 3.46. The van der Waals surface area contributed by atoms with Crippen LogP contribution in [-0.2, 0) is 4.74 Å². The minimum atomic E-state index is 0.380. The monoisotopic (exact) mass is 173 g/mol. The Morgan fingerprint density at radius 3 is 2.33 bits per heavy atom. The largest absolute Gasteiger partial charge is 0.377 e. The van der Waals surface area contributed by atoms with Gasteiger partial charge in [0.2, 0.25) is 0 Å². The predicted molar refractivity (Wildman–Crippen MR) is 53.4 cm³/mol. The topological polar surface area (TPSA) is 21.3 Å². The van der Waals surface area contributed by atoms with Gasteiger partial charge in [-0.25, -0.2) is 0 Å². The van der Waals surface area contributed by atoms with Crippen molar-refractivity contribution in [2.24, 2.45) is 5.92 Å². The molecule has 0 aliphatic heterocycles. The number of ether oxygens (including phenoxy) is 1. The summed E-state index contributed by atoms with van der Waals surface area (Å²) in [5, 5.41) is 3.31. The van der Waals surface area contributed by atoms with E-state index in [2.05, 4.69) is 33.0 Å². The molecule has 0 saturated heterocycles. The summed E-state index contributed by atoms with van der Waals surface area (Å²) >= 11 is 0. The number of likely N-dealkylation sites (N-methyl/N-ethyl adjacent to an activating group) is 1. The molecule has 1 N–H and O–H groups in total. The molecule has 0 aromatic carbocycles. The third-order valence-electron chi connectivity index (χ3n) is 1.88. The van der Waals surface area contributed by atoms with Crippen LogP contribution in [0, 0.1) is 5.92 Å². The van der Waals surface area contributed by atoms with Crippen molar-refractivity contribution in [1.82, 2.24) is 5.32 Å². The molecule has 2 heteroatoms. The zero-order valence-electron chi connectivity index (χ0n) is 8.89. The molecule has 0 radical (unpaired) electrons. The number of hydrogen-bond acceptors (Lipinski definition) is 2. The van der Waals surface area contributed by atoms with Crippen LogP contribution in [-0.4, -0.2) is 25.8 Å². The van der Waals surface area contributed by atoms with E-state index in [1.807, 2.05) is 0 Å². The van der Waals surface area contributed by atoms with Gasteiger partial charge in [-0.2, -0.15) is 0 Å². The molecule has 0 spiro atoms. The average molecular weight is 173 g/mol. The van der Waals surface area contributed by atoms with E-state index >= 15 is 0 Å². The quantitative estimate of drug-likeness (QED) is 0.636. The summed E-state index contributed by atoms with van der Waals surface area (Å²) in [6.07, 6.45) is 1.49. The molecule has 0 heterocycles. The highest BCUT2D eigenvalue weighted by molar-refractivity contribution is 4.64. The summed E-state index contributed by atoms with van der Waals surface area (Å²) < 4.78 is 5.69. The van der Waals surface area contributed by atoms with Crippen LogP contribution in [0.4, 0.5) is 0 Å². The number of hydrogen-bond donors (Lipinski definition) is 1. The Kier molecular flexibility index (Phi) is 7.51. The molecule has 74 valence electrons. The predicted octanol–water partition coefficient (Wildman–Crippen LogP) is 2.05. The van der Waals surface area contributed by atoms with Gasteiger partial charge < -0.3 is 10.1 Å². The van der Waals surface area contributed by atoms with Crippen molar-refractivity contribution in [3.8, 4) is 0 Å². The van der Waals surface area contributed by atoms with E-state index in [0.29, 0.717) is 12.0 Å². The maximum atomic E-state index is 5.69. The highest BCUT2D eigenvalue weighted by Gasteiger charge is 2.11. The molecule has 0 saturated carbocycles. The Bertz CT molecular complexity index is 85.8. The van der Waals surface area contributed by atoms with Gasteiger partial charge in [-0.05, 0) is 18.9 Å². The number of rotatable bonds is 7. The van der Waals surface area contributed by atoms with Crippen molar-refractivity contribution in [3.63, 3.8) is 0 Å². The van der Waals surface area contributed by atoms with Gasteiger partial charge in [0.15, 0.2) is 0 Å². The third kappa shape index (κ3) is 5.56. The zero-order valence-corrected chi connectivity index (χ0v) is 8.89. The van der Waals surface area contributed by atoms with Crippen LogP contribution in [0.3, 0.4) is 0 Å². The molecule has 1 atom stereocenters. The molecular formula is C10H23NO. The van der Waals surface area contributed by atoms with E-state index in [-0.39, 0.29) is 0 Å². The Morgan fingerprint density at radius 2 is 1.92 bits per heavy atom. The van der Waals surface area contributed by atoms with Crippen molar-refractivity contribution in [2.45, 2.75) is 40.2 Å². The molecule has 12 heavy (non-hydrogen) atoms. The van der Waals surface area contributed by atoms with Gasteiger partial charge in [0.25, 0.3) is 0 Å². The first-order chi connectivity index (χ1) is 5.72. The second kappa shape index (κ2) is 7.56. The lowest BCUT2D eigenvalue weighted by Gasteiger charge is -2.21. The molecule has 2 nitrogen and oxygen atoms in total. The lowest BCUT2D eigenvalue weighted by molar-refractivity contribution is 0.0237. The van der Waals surface area contributed by atoms with Gasteiger partial charge in [0, 0.05) is 13.2 Å². The molecule has 0 amide bonds. The fourth-order valence-corrected chi connectivity index (χ4v) is 1.04. The van der Waals surface area contributed by atoms with Gasteiger partial charge in [0.05, 0.1) is 6.10 Å². The van der Waals surface area contributed by atoms with Gasteiger partial charge in [-0.3, -0.25) is 0 Å². The lowest BCUT2D eigenvalue weighted by Crippen LogP contribution is -2.33. The first-order valence-electron chi connectivity index (χ1n) is 5.04. The summed E-state index contributed by atoms with van der Waals surface area (Å²) in [5.74, 6) is 0.607. The van der Waals surface area contributed by atoms with E-state index < -0.39 is 0 Å². The fourth-order valence-electron chi connectivity index (χ4n) is 1.04. The Balaban J connectivity index is 3.55. The second-order valence-corrected chi connectivity index (χ2v) is 3.46. The van der Waals surface area contributed by atoms with E-state index in [4.69, 9.17) is 4.74 Å². The highest BCUT2D eigenvalue weighted by atomic mass is 16.5. The van der Waals surface area contributed by atoms with Crippen LogP contribution >= 0.6 is 0 Å². The van der Waals surface area contributed by atoms with E-state index in [1.165, 1.54) is 0 Å². The molecule has 0 rings (SSSR count). The van der Waals surface area contributed by atoms with Gasteiger partial charge in [0.1, 0.15) is 0 Å². The lowest BCUT2D eigenvalue weighted by atomic mass is 10.1. The van der Waals surface area contributed by atoms with Crippen LogP contribution in [0.15, 0.2) is 0 Å². The van der Waals surface area contributed by atoms with E-state index in [0.717, 1.165) is 26.1 Å². The van der Waals surface area contributed by atoms with Crippen molar-refractivity contribution in [1.29, 1.82) is 0 Å². The fraction of sp³-hybridized carbons (Fsp3) is 1.00. The molecule has 1 unspecified atom stereocenters. The zero-order chi connectivity index (χ0) is 9.40. The minimum absolute atomic E-state index is 0.380. The maximum Gasteiger partial charge on any atom is 0.0722 e. The number of nitrogens with one attached hydrogen (secondary N) is 1. The van der Waals surface area contributed by atoms with Crippen molar-refractivity contribution in [2.75, 3.05) is 19.7 Å². The van der Waals surface area contributed by atoms with Crippen molar-refractivity contribution in [3.05, 3.63) is 0 Å². The van der Waals surface area contributed by atoms with E-state index in [1.54, 1.807) is 0 Å². The third-order valence-corrected chi connectivity index (χ3v) is 1.88. The maximum absolute atomic E-state index is 5.69. The Hall–Kier alpha value is -0.0800. The molecule has 0 bridgehead atoms. The summed E-state index contributed by atoms with van der Waals surface area (Å²) in [4.78, 5) is 0. The SMILES string of the molecule is CCCOC(CNCC)C(C)C. The molecule has 0 fully saturated rings. The molecular weight excluding hydrogens is 150 g/mol. The summed E-state index contributed by atoms with van der Waals surface area (Å²) in [6.45, 7) is 11.6. The van der Waals surface area contributed by atoms with Crippen LogP contribution in [0.1, 0.15) is 34.1 Å². The van der Waals surface area contributed by atoms with Crippen LogP contribution < -0.4 is 5.32 Å². The molecule has 0 aromatic rings. The van der Waals surface area contributed by atoms with Crippen LogP contribution in [0.2, 0.25) is 0 Å². The van der Waals surface area contributed by atoms with E-state index in [9.17, 15) is 0 Å². The van der Waals surface area contributed by atoms with Crippen LogP contribution in [0.25, 0.3) is 0 Å². The highest BCUT2D eigenvalue weighted by Crippen LogP contribution is 2.05. The average Bonchev–Trinajstić information content (AvgIpc) is 2.04. The van der Waals surface area contributed by atoms with Gasteiger partial charge in [-0.1, -0.05) is 27.7 Å². The summed E-state index contributed by atoms with van der Waals surface area (Å²) in [5.41, 5.74) is 0.